The van der Waals surface area contributed by atoms with Crippen LogP contribution in [0.5, 0.6) is 0 Å². The van der Waals surface area contributed by atoms with Crippen molar-refractivity contribution in [3.05, 3.63) is 41.7 Å². The summed E-state index contributed by atoms with van der Waals surface area (Å²) in [5, 5.41) is 12.4. The van der Waals surface area contributed by atoms with Gasteiger partial charge >= 0.3 is 18.3 Å². The van der Waals surface area contributed by atoms with E-state index in [1.54, 1.807) is 24.3 Å². The van der Waals surface area contributed by atoms with Gasteiger partial charge < -0.3 is 5.11 Å². The first-order chi connectivity index (χ1) is 10.8. The van der Waals surface area contributed by atoms with Crippen molar-refractivity contribution in [2.45, 2.75) is 12.3 Å². The third-order valence-corrected chi connectivity index (χ3v) is 4.07. The van der Waals surface area contributed by atoms with Crippen LogP contribution in [0.1, 0.15) is 16.1 Å². The lowest BCUT2D eigenvalue weighted by molar-refractivity contribution is -0.139. The van der Waals surface area contributed by atoms with E-state index in [0.717, 1.165) is 11.3 Å². The first-order valence-corrected chi connectivity index (χ1v) is 6.97. The molecule has 0 saturated carbocycles. The minimum atomic E-state index is -4.68. The normalized spacial score (nSPS) is 12.2. The van der Waals surface area contributed by atoms with Crippen molar-refractivity contribution in [1.29, 1.82) is 0 Å². The van der Waals surface area contributed by atoms with Gasteiger partial charge in [-0.2, -0.15) is 13.9 Å². The second-order valence-electron chi connectivity index (χ2n) is 4.51. The van der Waals surface area contributed by atoms with E-state index >= 15 is 0 Å². The van der Waals surface area contributed by atoms with Crippen molar-refractivity contribution >= 4 is 27.5 Å². The largest absolute Gasteiger partial charge is 0.478 e. The molecule has 0 saturated heterocycles. The number of benzene rings is 1. The molecule has 23 heavy (non-hydrogen) atoms. The van der Waals surface area contributed by atoms with Crippen molar-refractivity contribution in [3.63, 3.8) is 0 Å². The van der Waals surface area contributed by atoms with Gasteiger partial charge in [-0.15, -0.1) is 0 Å². The summed E-state index contributed by atoms with van der Waals surface area (Å²) in [6, 6.07) is 6.65. The maximum atomic E-state index is 13.8. The monoisotopic (exact) mass is 345 g/mol. The number of rotatable bonds is 4. The molecule has 0 unspecified atom stereocenters. The summed E-state index contributed by atoms with van der Waals surface area (Å²) in [7, 11) is 0. The molecule has 0 radical (unpaired) electrons. The number of aromatic nitrogens is 3. The van der Waals surface area contributed by atoms with Gasteiger partial charge in [0.25, 0.3) is 0 Å². The Morgan fingerprint density at radius 2 is 2.00 bits per heavy atom. The van der Waals surface area contributed by atoms with E-state index in [4.69, 9.17) is 5.11 Å². The third-order valence-electron chi connectivity index (χ3n) is 3.05. The highest BCUT2D eigenvalue weighted by Gasteiger charge is 2.49. The van der Waals surface area contributed by atoms with Gasteiger partial charge in [-0.3, -0.25) is 0 Å². The van der Waals surface area contributed by atoms with Crippen molar-refractivity contribution in [3.8, 4) is 5.13 Å². The van der Waals surface area contributed by atoms with Crippen LogP contribution >= 0.6 is 11.3 Å². The van der Waals surface area contributed by atoms with Crippen LogP contribution in [0, 0.1) is 0 Å². The maximum Gasteiger partial charge on any atom is 0.350 e. The fraction of sp³-hybridized carbons (Fsp3) is 0.154. The third kappa shape index (κ3) is 2.44. The lowest BCUT2D eigenvalue weighted by Gasteiger charge is -2.16. The molecule has 0 aliphatic carbocycles. The van der Waals surface area contributed by atoms with Crippen LogP contribution in [-0.2, 0) is 5.92 Å². The molecular formula is C13H7F4N3O2S. The summed E-state index contributed by atoms with van der Waals surface area (Å²) in [4.78, 5) is 15.1. The highest BCUT2D eigenvalue weighted by atomic mass is 32.1. The Labute approximate surface area is 129 Å². The van der Waals surface area contributed by atoms with E-state index in [9.17, 15) is 22.4 Å². The Morgan fingerprint density at radius 3 is 2.61 bits per heavy atom. The molecule has 0 spiro atoms. The number of thiazole rings is 1. The van der Waals surface area contributed by atoms with Gasteiger partial charge in [0.2, 0.25) is 5.13 Å². The number of alkyl halides is 4. The summed E-state index contributed by atoms with van der Waals surface area (Å²) >= 11 is 0.936. The SMILES string of the molecule is O=C(O)c1cnn(-c2nc3ccccc3s2)c1C(F)(F)C(F)F. The van der Waals surface area contributed by atoms with Gasteiger partial charge in [-0.1, -0.05) is 23.5 Å². The van der Waals surface area contributed by atoms with Gasteiger partial charge in [-0.25, -0.2) is 23.2 Å². The minimum absolute atomic E-state index is 0.117. The van der Waals surface area contributed by atoms with E-state index in [2.05, 4.69) is 10.1 Å². The molecule has 2 heterocycles. The van der Waals surface area contributed by atoms with Crippen LogP contribution < -0.4 is 0 Å². The Morgan fingerprint density at radius 1 is 1.30 bits per heavy atom. The second-order valence-corrected chi connectivity index (χ2v) is 5.52. The van der Waals surface area contributed by atoms with Crippen LogP contribution in [0.3, 0.4) is 0 Å². The average Bonchev–Trinajstić information content (AvgIpc) is 3.10. The summed E-state index contributed by atoms with van der Waals surface area (Å²) in [5.74, 6) is -6.45. The zero-order valence-electron chi connectivity index (χ0n) is 11.1. The molecule has 5 nitrogen and oxygen atoms in total. The Kier molecular flexibility index (Phi) is 3.55. The van der Waals surface area contributed by atoms with Crippen molar-refractivity contribution in [2.24, 2.45) is 0 Å². The molecular weight excluding hydrogens is 338 g/mol. The number of hydrogen-bond acceptors (Lipinski definition) is 4. The lowest BCUT2D eigenvalue weighted by atomic mass is 10.1. The fourth-order valence-corrected chi connectivity index (χ4v) is 2.96. The van der Waals surface area contributed by atoms with Gasteiger partial charge in [0.15, 0.2) is 0 Å². The molecule has 10 heteroatoms. The number of para-hydroxylation sites is 1. The van der Waals surface area contributed by atoms with Crippen LogP contribution in [0.4, 0.5) is 17.6 Å². The summed E-state index contributed by atoms with van der Waals surface area (Å²) in [6.07, 6.45) is -3.47. The zero-order chi connectivity index (χ0) is 16.8. The summed E-state index contributed by atoms with van der Waals surface area (Å²) in [6.45, 7) is 0. The standard InChI is InChI=1S/C13H7F4N3O2S/c14-11(15)13(16,17)9-6(10(21)22)5-18-20(9)12-19-7-3-1-2-4-8(7)23-12/h1-5,11H,(H,21,22). The number of carbonyl (C=O) groups is 1. The highest BCUT2D eigenvalue weighted by Crippen LogP contribution is 2.38. The number of carboxylic acids is 1. The molecule has 1 aromatic carbocycles. The fourth-order valence-electron chi connectivity index (χ4n) is 2.02. The van der Waals surface area contributed by atoms with E-state index in [0.29, 0.717) is 21.1 Å². The molecule has 2 aromatic heterocycles. The average molecular weight is 345 g/mol. The molecule has 1 N–H and O–H groups in total. The minimum Gasteiger partial charge on any atom is -0.478 e. The Bertz CT molecular complexity index is 857. The number of fused-ring (bicyclic) bond motifs is 1. The first kappa shape index (κ1) is 15.4. The van der Waals surface area contributed by atoms with Crippen LogP contribution in [0.15, 0.2) is 30.5 Å². The number of hydrogen-bond donors (Lipinski definition) is 1. The van der Waals surface area contributed by atoms with Gasteiger partial charge in [-0.05, 0) is 12.1 Å². The molecule has 0 aliphatic heterocycles. The van der Waals surface area contributed by atoms with E-state index in [-0.39, 0.29) is 5.13 Å². The highest BCUT2D eigenvalue weighted by molar-refractivity contribution is 7.20. The number of carboxylic acid groups (broad SMARTS) is 1. The van der Waals surface area contributed by atoms with Gasteiger partial charge in [0.05, 0.1) is 16.4 Å². The molecule has 120 valence electrons. The summed E-state index contributed by atoms with van der Waals surface area (Å²) in [5.41, 5.74) is -1.92. The first-order valence-electron chi connectivity index (χ1n) is 6.16. The maximum absolute atomic E-state index is 13.8. The van der Waals surface area contributed by atoms with Crippen molar-refractivity contribution < 1.29 is 27.5 Å². The molecule has 0 atom stereocenters. The van der Waals surface area contributed by atoms with Crippen LogP contribution in [-0.4, -0.2) is 32.3 Å². The summed E-state index contributed by atoms with van der Waals surface area (Å²) < 4.78 is 54.2. The van der Waals surface area contributed by atoms with Crippen LogP contribution in [0.25, 0.3) is 15.3 Å². The van der Waals surface area contributed by atoms with E-state index in [1.165, 1.54) is 0 Å². The predicted molar refractivity (Wildman–Crippen MR) is 73.6 cm³/mol. The van der Waals surface area contributed by atoms with Crippen LogP contribution in [0.2, 0.25) is 0 Å². The molecule has 3 rings (SSSR count). The zero-order valence-corrected chi connectivity index (χ0v) is 11.9. The number of aromatic carboxylic acids is 1. The predicted octanol–water partition coefficient (Wildman–Crippen LogP) is 3.54. The van der Waals surface area contributed by atoms with E-state index < -0.39 is 29.6 Å². The number of halogens is 4. The molecule has 3 aromatic rings. The number of nitrogens with zero attached hydrogens (tertiary/aromatic N) is 3. The smallest absolute Gasteiger partial charge is 0.350 e. The molecule has 0 amide bonds. The quantitative estimate of drug-likeness (QED) is 0.735. The lowest BCUT2D eigenvalue weighted by Crippen LogP contribution is -2.29. The van der Waals surface area contributed by atoms with Gasteiger partial charge in [0.1, 0.15) is 11.3 Å². The molecule has 0 fully saturated rings. The van der Waals surface area contributed by atoms with Crippen molar-refractivity contribution in [2.75, 3.05) is 0 Å². The topological polar surface area (TPSA) is 68.0 Å². The molecule has 0 bridgehead atoms. The van der Waals surface area contributed by atoms with Gasteiger partial charge in [0, 0.05) is 0 Å². The molecule has 0 aliphatic rings. The Hall–Kier alpha value is -2.49. The Balaban J connectivity index is 2.25. The van der Waals surface area contributed by atoms with E-state index in [1.807, 2.05) is 0 Å². The van der Waals surface area contributed by atoms with Crippen molar-refractivity contribution in [1.82, 2.24) is 14.8 Å². The second kappa shape index (κ2) is 5.30.